The molecule has 0 saturated heterocycles. The summed E-state index contributed by atoms with van der Waals surface area (Å²) in [5.74, 6) is 0. The van der Waals surface area contributed by atoms with Gasteiger partial charge in [-0.25, -0.2) is 13.4 Å². The second kappa shape index (κ2) is 5.71. The molecule has 1 heterocycles. The first kappa shape index (κ1) is 15.3. The van der Waals surface area contributed by atoms with E-state index < -0.39 is 10.0 Å². The molecule has 6 nitrogen and oxygen atoms in total. The number of nitrogens with two attached hydrogens (primary N) is 1. The molecular weight excluding hydrogens is 356 g/mol. The Morgan fingerprint density at radius 3 is 2.76 bits per heavy atom. The van der Waals surface area contributed by atoms with Gasteiger partial charge in [0.1, 0.15) is 11.0 Å². The van der Waals surface area contributed by atoms with E-state index in [1.165, 1.54) is 18.3 Å². The second-order valence-corrected chi connectivity index (χ2v) is 6.82. The van der Waals surface area contributed by atoms with Gasteiger partial charge < -0.3 is 5.73 Å². The maximum absolute atomic E-state index is 12.4. The lowest BCUT2D eigenvalue weighted by atomic mass is 10.2. The third kappa shape index (κ3) is 3.15. The van der Waals surface area contributed by atoms with Crippen LogP contribution in [0.2, 0.25) is 0 Å². The summed E-state index contributed by atoms with van der Waals surface area (Å²) in [4.78, 5) is 3.56. The maximum atomic E-state index is 12.4. The van der Waals surface area contributed by atoms with Crippen molar-refractivity contribution in [3.05, 3.63) is 46.2 Å². The monoisotopic (exact) mass is 366 g/mol. The van der Waals surface area contributed by atoms with Crippen LogP contribution in [0.1, 0.15) is 11.3 Å². The van der Waals surface area contributed by atoms with Crippen LogP contribution in [0.15, 0.2) is 39.8 Å². The molecule has 2 aromatic rings. The predicted octanol–water partition coefficient (Wildman–Crippen LogP) is 2.41. The van der Waals surface area contributed by atoms with Gasteiger partial charge in [-0.3, -0.25) is 4.72 Å². The van der Waals surface area contributed by atoms with Crippen LogP contribution >= 0.6 is 15.9 Å². The van der Waals surface area contributed by atoms with Gasteiger partial charge in [0.15, 0.2) is 5.69 Å². The molecule has 108 valence electrons. The van der Waals surface area contributed by atoms with E-state index in [4.69, 9.17) is 11.0 Å². The number of aryl methyl sites for hydroxylation is 1. The fraction of sp³-hybridized carbons (Fsp3) is 0.0769. The lowest BCUT2D eigenvalue weighted by Crippen LogP contribution is -2.16. The average Bonchev–Trinajstić information content (AvgIpc) is 2.43. The number of hydrogen-bond donors (Lipinski definition) is 2. The van der Waals surface area contributed by atoms with Gasteiger partial charge in [0.2, 0.25) is 0 Å². The Morgan fingerprint density at radius 2 is 2.14 bits per heavy atom. The molecule has 0 spiro atoms. The largest absolute Gasteiger partial charge is 0.397 e. The van der Waals surface area contributed by atoms with Crippen LogP contribution in [0.4, 0.5) is 11.4 Å². The molecule has 0 saturated carbocycles. The average molecular weight is 367 g/mol. The first-order valence-electron chi connectivity index (χ1n) is 5.78. The van der Waals surface area contributed by atoms with E-state index in [1.807, 2.05) is 0 Å². The molecule has 8 heteroatoms. The van der Waals surface area contributed by atoms with Gasteiger partial charge in [-0.05, 0) is 36.8 Å². The second-order valence-electron chi connectivity index (χ2n) is 4.25. The molecule has 1 aromatic carbocycles. The number of rotatable bonds is 3. The number of halogens is 1. The van der Waals surface area contributed by atoms with E-state index >= 15 is 0 Å². The van der Waals surface area contributed by atoms with Gasteiger partial charge in [0.25, 0.3) is 10.0 Å². The van der Waals surface area contributed by atoms with Gasteiger partial charge in [-0.2, -0.15) is 5.26 Å². The number of nitrogens with zero attached hydrogens (tertiary/aromatic N) is 2. The molecule has 0 fully saturated rings. The standard InChI is InChI=1S/C13H11BrN4O2S/c1-8-5-9(14)6-10(16)13(8)18-21(19,20)12-3-2-4-17-11(12)7-15/h2-6,18H,16H2,1H3. The van der Waals surface area contributed by atoms with Crippen molar-refractivity contribution in [2.45, 2.75) is 11.8 Å². The van der Waals surface area contributed by atoms with Crippen molar-refractivity contribution in [2.24, 2.45) is 0 Å². The van der Waals surface area contributed by atoms with Crippen LogP contribution in [-0.4, -0.2) is 13.4 Å². The van der Waals surface area contributed by atoms with E-state index in [0.29, 0.717) is 5.56 Å². The zero-order chi connectivity index (χ0) is 15.6. The van der Waals surface area contributed by atoms with Crippen LogP contribution in [0.3, 0.4) is 0 Å². The van der Waals surface area contributed by atoms with Crippen molar-refractivity contribution >= 4 is 37.3 Å². The number of hydrogen-bond acceptors (Lipinski definition) is 5. The Balaban J connectivity index is 2.51. The minimum Gasteiger partial charge on any atom is -0.397 e. The summed E-state index contributed by atoms with van der Waals surface area (Å²) in [6.45, 7) is 1.73. The maximum Gasteiger partial charge on any atom is 0.264 e. The molecule has 0 atom stereocenters. The molecule has 21 heavy (non-hydrogen) atoms. The summed E-state index contributed by atoms with van der Waals surface area (Å²) < 4.78 is 28.0. The SMILES string of the molecule is Cc1cc(Br)cc(N)c1NS(=O)(=O)c1cccnc1C#N. The summed E-state index contributed by atoms with van der Waals surface area (Å²) in [5.41, 5.74) is 6.90. The Hall–Kier alpha value is -2.11. The van der Waals surface area contributed by atoms with Gasteiger partial charge in [0.05, 0.1) is 11.4 Å². The summed E-state index contributed by atoms with van der Waals surface area (Å²) in [7, 11) is -3.94. The summed E-state index contributed by atoms with van der Waals surface area (Å²) in [5, 5.41) is 8.96. The van der Waals surface area contributed by atoms with Gasteiger partial charge in [0, 0.05) is 10.7 Å². The lowest BCUT2D eigenvalue weighted by Gasteiger charge is -2.13. The van der Waals surface area contributed by atoms with E-state index in [9.17, 15) is 8.42 Å². The molecule has 3 N–H and O–H groups in total. The topological polar surface area (TPSA) is 109 Å². The number of pyridine rings is 1. The number of nitriles is 1. The fourth-order valence-electron chi connectivity index (χ4n) is 1.79. The minimum absolute atomic E-state index is 0.168. The van der Waals surface area contributed by atoms with Crippen LogP contribution < -0.4 is 10.5 Å². The van der Waals surface area contributed by atoms with Crippen molar-refractivity contribution < 1.29 is 8.42 Å². The zero-order valence-electron chi connectivity index (χ0n) is 11.0. The van der Waals surface area contributed by atoms with Crippen molar-refractivity contribution in [1.82, 2.24) is 4.98 Å². The Labute approximate surface area is 130 Å². The summed E-state index contributed by atoms with van der Waals surface area (Å²) >= 11 is 3.28. The molecule has 0 bridgehead atoms. The number of sulfonamides is 1. The number of anilines is 2. The highest BCUT2D eigenvalue weighted by Gasteiger charge is 2.21. The van der Waals surface area contributed by atoms with Gasteiger partial charge in [-0.15, -0.1) is 0 Å². The number of nitrogen functional groups attached to an aromatic ring is 1. The minimum atomic E-state index is -3.94. The molecule has 0 aliphatic rings. The van der Waals surface area contributed by atoms with Crippen LogP contribution in [-0.2, 0) is 10.0 Å². The summed E-state index contributed by atoms with van der Waals surface area (Å²) in [6, 6.07) is 7.86. The van der Waals surface area contributed by atoms with Crippen molar-refractivity contribution in [1.29, 1.82) is 5.26 Å². The molecular formula is C13H11BrN4O2S. The number of benzene rings is 1. The zero-order valence-corrected chi connectivity index (χ0v) is 13.4. The highest BCUT2D eigenvalue weighted by molar-refractivity contribution is 9.10. The van der Waals surface area contributed by atoms with E-state index in [1.54, 1.807) is 25.1 Å². The molecule has 0 aliphatic heterocycles. The van der Waals surface area contributed by atoms with E-state index in [-0.39, 0.29) is 22.0 Å². The van der Waals surface area contributed by atoms with Crippen molar-refractivity contribution in [2.75, 3.05) is 10.5 Å². The Morgan fingerprint density at radius 1 is 1.43 bits per heavy atom. The molecule has 2 rings (SSSR count). The molecule has 0 amide bonds. The van der Waals surface area contributed by atoms with Crippen molar-refractivity contribution in [3.63, 3.8) is 0 Å². The lowest BCUT2D eigenvalue weighted by molar-refractivity contribution is 0.600. The third-order valence-electron chi connectivity index (χ3n) is 2.73. The number of aromatic nitrogens is 1. The first-order valence-corrected chi connectivity index (χ1v) is 8.06. The van der Waals surface area contributed by atoms with E-state index in [2.05, 4.69) is 25.6 Å². The molecule has 0 radical (unpaired) electrons. The van der Waals surface area contributed by atoms with Gasteiger partial charge >= 0.3 is 0 Å². The highest BCUT2D eigenvalue weighted by Crippen LogP contribution is 2.30. The van der Waals surface area contributed by atoms with Crippen molar-refractivity contribution in [3.8, 4) is 6.07 Å². The van der Waals surface area contributed by atoms with Gasteiger partial charge in [-0.1, -0.05) is 15.9 Å². The Bertz CT molecular complexity index is 820. The highest BCUT2D eigenvalue weighted by atomic mass is 79.9. The van der Waals surface area contributed by atoms with Crippen LogP contribution in [0.5, 0.6) is 0 Å². The molecule has 0 aliphatic carbocycles. The Kier molecular flexibility index (Phi) is 4.16. The fourth-order valence-corrected chi connectivity index (χ4v) is 3.65. The summed E-state index contributed by atoms with van der Waals surface area (Å²) in [6.07, 6.45) is 1.36. The number of nitrogens with one attached hydrogen (secondary N) is 1. The smallest absolute Gasteiger partial charge is 0.264 e. The normalized spacial score (nSPS) is 10.9. The molecule has 0 unspecified atom stereocenters. The van der Waals surface area contributed by atoms with Crippen LogP contribution in [0.25, 0.3) is 0 Å². The van der Waals surface area contributed by atoms with E-state index in [0.717, 1.165) is 4.47 Å². The predicted molar refractivity (Wildman–Crippen MR) is 83.1 cm³/mol. The van der Waals surface area contributed by atoms with Crippen LogP contribution in [0, 0.1) is 18.3 Å². The first-order chi connectivity index (χ1) is 9.85. The third-order valence-corrected chi connectivity index (χ3v) is 4.57. The quantitative estimate of drug-likeness (QED) is 0.810. The molecule has 1 aromatic heterocycles.